The fraction of sp³-hybridized carbons (Fsp3) is 0.333. The minimum absolute atomic E-state index is 0.0441. The molecule has 3 aromatic rings. The highest BCUT2D eigenvalue weighted by atomic mass is 32.1. The van der Waals surface area contributed by atoms with Crippen molar-refractivity contribution in [3.63, 3.8) is 0 Å². The Kier molecular flexibility index (Phi) is 3.62. The monoisotopic (exact) mass is 363 g/mol. The fourth-order valence-electron chi connectivity index (χ4n) is 3.88. The lowest BCUT2D eigenvalue weighted by atomic mass is 10.00. The molecule has 0 unspecified atom stereocenters. The van der Waals surface area contributed by atoms with Crippen LogP contribution in [0.1, 0.15) is 34.8 Å². The Hall–Kier alpha value is -2.24. The molecule has 1 saturated carbocycles. The predicted molar refractivity (Wildman–Crippen MR) is 105 cm³/mol. The first-order valence-corrected chi connectivity index (χ1v) is 9.99. The van der Waals surface area contributed by atoms with Crippen molar-refractivity contribution >= 4 is 11.3 Å². The van der Waals surface area contributed by atoms with E-state index in [0.717, 1.165) is 42.9 Å². The lowest BCUT2D eigenvalue weighted by Crippen LogP contribution is -2.34. The fourth-order valence-corrected chi connectivity index (χ4v) is 5.06. The van der Waals surface area contributed by atoms with Crippen molar-refractivity contribution in [2.24, 2.45) is 0 Å². The lowest BCUT2D eigenvalue weighted by molar-refractivity contribution is 0.306. The van der Waals surface area contributed by atoms with Crippen LogP contribution in [0.2, 0.25) is 0 Å². The zero-order valence-electron chi connectivity index (χ0n) is 14.8. The number of likely N-dealkylation sites (N-methyl/N-ethyl adjacent to an activating group) is 1. The van der Waals surface area contributed by atoms with Crippen LogP contribution in [0.4, 0.5) is 0 Å². The molecule has 5 heteroatoms. The van der Waals surface area contributed by atoms with E-state index in [-0.39, 0.29) is 11.0 Å². The summed E-state index contributed by atoms with van der Waals surface area (Å²) in [6, 6.07) is 12.7. The molecule has 1 aliphatic heterocycles. The maximum Gasteiger partial charge on any atom is 0.255 e. The average molecular weight is 363 g/mol. The summed E-state index contributed by atoms with van der Waals surface area (Å²) in [5.41, 5.74) is 4.28. The maximum absolute atomic E-state index is 12.6. The van der Waals surface area contributed by atoms with Crippen LogP contribution in [0, 0.1) is 0 Å². The van der Waals surface area contributed by atoms with Crippen LogP contribution >= 0.6 is 11.3 Å². The van der Waals surface area contributed by atoms with Crippen molar-refractivity contribution in [1.82, 2.24) is 14.9 Å². The number of benzene rings is 1. The number of rotatable bonds is 3. The maximum atomic E-state index is 12.6. The largest absolute Gasteiger partial charge is 0.309 e. The van der Waals surface area contributed by atoms with Crippen LogP contribution in [0.15, 0.2) is 46.6 Å². The second kappa shape index (κ2) is 5.89. The third-order valence-electron chi connectivity index (χ3n) is 5.64. The molecular formula is C21H21N3OS. The van der Waals surface area contributed by atoms with Crippen LogP contribution in [-0.4, -0.2) is 28.5 Å². The first kappa shape index (κ1) is 16.0. The number of nitrogens with zero attached hydrogens (tertiary/aromatic N) is 2. The molecule has 0 radical (unpaired) electrons. The van der Waals surface area contributed by atoms with E-state index in [9.17, 15) is 4.79 Å². The molecule has 1 aromatic carbocycles. The molecule has 5 rings (SSSR count). The Morgan fingerprint density at radius 2 is 2.00 bits per heavy atom. The molecule has 0 bridgehead atoms. The first-order chi connectivity index (χ1) is 12.7. The van der Waals surface area contributed by atoms with Gasteiger partial charge in [-0.3, -0.25) is 4.79 Å². The van der Waals surface area contributed by atoms with Crippen LogP contribution < -0.4 is 5.56 Å². The second-order valence-corrected chi connectivity index (χ2v) is 8.39. The summed E-state index contributed by atoms with van der Waals surface area (Å²) >= 11 is 1.78. The van der Waals surface area contributed by atoms with Crippen molar-refractivity contribution in [2.45, 2.75) is 31.2 Å². The standard InChI is InChI=1S/C21H21N3OS/c1-24-10-7-17-16(12-24)19(25)23-20(22-17)21(8-9-21)18-11-15(13-26-18)14-5-3-2-4-6-14/h2-6,11,13H,7-10,12H2,1H3,(H,22,23,25). The Morgan fingerprint density at radius 3 is 2.77 bits per heavy atom. The van der Waals surface area contributed by atoms with Crippen molar-refractivity contribution in [2.75, 3.05) is 13.6 Å². The topological polar surface area (TPSA) is 49.0 Å². The average Bonchev–Trinajstić information content (AvgIpc) is 3.32. The number of hydrogen-bond donors (Lipinski definition) is 1. The van der Waals surface area contributed by atoms with Crippen molar-refractivity contribution in [1.29, 1.82) is 0 Å². The van der Waals surface area contributed by atoms with Gasteiger partial charge in [0.15, 0.2) is 0 Å². The van der Waals surface area contributed by atoms with Crippen molar-refractivity contribution < 1.29 is 0 Å². The van der Waals surface area contributed by atoms with E-state index in [1.54, 1.807) is 11.3 Å². The van der Waals surface area contributed by atoms with Crippen LogP contribution in [0.3, 0.4) is 0 Å². The van der Waals surface area contributed by atoms with Gasteiger partial charge < -0.3 is 9.88 Å². The van der Waals surface area contributed by atoms with Gasteiger partial charge in [-0.05, 0) is 42.5 Å². The summed E-state index contributed by atoms with van der Waals surface area (Å²) < 4.78 is 0. The highest BCUT2D eigenvalue weighted by molar-refractivity contribution is 7.10. The minimum atomic E-state index is -0.0881. The molecule has 1 N–H and O–H groups in total. The van der Waals surface area contributed by atoms with E-state index < -0.39 is 0 Å². The van der Waals surface area contributed by atoms with E-state index in [0.29, 0.717) is 6.54 Å². The van der Waals surface area contributed by atoms with Gasteiger partial charge in [-0.15, -0.1) is 11.3 Å². The van der Waals surface area contributed by atoms with Gasteiger partial charge >= 0.3 is 0 Å². The summed E-state index contributed by atoms with van der Waals surface area (Å²) in [4.78, 5) is 24.2. The van der Waals surface area contributed by atoms with E-state index >= 15 is 0 Å². The van der Waals surface area contributed by atoms with Gasteiger partial charge in [0.1, 0.15) is 5.82 Å². The molecule has 0 spiro atoms. The molecule has 2 aromatic heterocycles. The molecular weight excluding hydrogens is 342 g/mol. The number of fused-ring (bicyclic) bond motifs is 1. The summed E-state index contributed by atoms with van der Waals surface area (Å²) in [5.74, 6) is 0.868. The summed E-state index contributed by atoms with van der Waals surface area (Å²) in [7, 11) is 2.05. The molecule has 1 fully saturated rings. The third-order valence-corrected chi connectivity index (χ3v) is 6.78. The predicted octanol–water partition coefficient (Wildman–Crippen LogP) is 3.57. The van der Waals surface area contributed by atoms with Gasteiger partial charge in [-0.25, -0.2) is 4.98 Å². The number of aromatic nitrogens is 2. The molecule has 0 saturated heterocycles. The Bertz CT molecular complexity index is 1020. The van der Waals surface area contributed by atoms with Crippen LogP contribution in [-0.2, 0) is 18.4 Å². The Balaban J connectivity index is 1.54. The first-order valence-electron chi connectivity index (χ1n) is 9.11. The second-order valence-electron chi connectivity index (χ2n) is 7.48. The van der Waals surface area contributed by atoms with Crippen molar-refractivity contribution in [3.05, 3.63) is 74.1 Å². The molecule has 26 heavy (non-hydrogen) atoms. The van der Waals surface area contributed by atoms with E-state index in [4.69, 9.17) is 4.98 Å². The van der Waals surface area contributed by atoms with E-state index in [1.807, 2.05) is 6.07 Å². The summed E-state index contributed by atoms with van der Waals surface area (Å²) in [6.07, 6.45) is 2.98. The zero-order valence-corrected chi connectivity index (χ0v) is 15.6. The number of aromatic amines is 1. The van der Waals surface area contributed by atoms with Gasteiger partial charge in [0.05, 0.1) is 16.7 Å². The SMILES string of the molecule is CN1CCc2nc(C3(c4cc(-c5ccccc5)cs4)CC3)[nH]c(=O)c2C1. The molecule has 1 aliphatic carbocycles. The zero-order chi connectivity index (χ0) is 17.7. The van der Waals surface area contributed by atoms with E-state index in [1.165, 1.54) is 16.0 Å². The highest BCUT2D eigenvalue weighted by Gasteiger charge is 2.49. The molecule has 3 heterocycles. The van der Waals surface area contributed by atoms with Crippen molar-refractivity contribution in [3.8, 4) is 11.1 Å². The lowest BCUT2D eigenvalue weighted by Gasteiger charge is -2.24. The molecule has 4 nitrogen and oxygen atoms in total. The summed E-state index contributed by atoms with van der Waals surface area (Å²) in [5, 5.41) is 2.22. The molecule has 0 atom stereocenters. The highest BCUT2D eigenvalue weighted by Crippen LogP contribution is 2.54. The Labute approximate surface area is 156 Å². The normalized spacial score (nSPS) is 18.5. The number of thiophene rings is 1. The molecule has 0 amide bonds. The van der Waals surface area contributed by atoms with Gasteiger partial charge in [-0.1, -0.05) is 30.3 Å². The molecule has 132 valence electrons. The van der Waals surface area contributed by atoms with Crippen LogP contribution in [0.5, 0.6) is 0 Å². The van der Waals surface area contributed by atoms with Gasteiger partial charge in [0, 0.05) is 24.4 Å². The smallest absolute Gasteiger partial charge is 0.255 e. The third kappa shape index (κ3) is 2.54. The number of hydrogen-bond acceptors (Lipinski definition) is 4. The quantitative estimate of drug-likeness (QED) is 0.774. The van der Waals surface area contributed by atoms with E-state index in [2.05, 4.69) is 52.6 Å². The van der Waals surface area contributed by atoms with Gasteiger partial charge in [0.25, 0.3) is 5.56 Å². The minimum Gasteiger partial charge on any atom is -0.309 e. The van der Waals surface area contributed by atoms with Gasteiger partial charge in [-0.2, -0.15) is 0 Å². The van der Waals surface area contributed by atoms with Crippen LogP contribution in [0.25, 0.3) is 11.1 Å². The molecule has 2 aliphatic rings. The summed E-state index contributed by atoms with van der Waals surface area (Å²) in [6.45, 7) is 1.66. The Morgan fingerprint density at radius 1 is 1.19 bits per heavy atom. The van der Waals surface area contributed by atoms with Gasteiger partial charge in [0.2, 0.25) is 0 Å². The number of H-pyrrole nitrogens is 1. The number of nitrogens with one attached hydrogen (secondary N) is 1.